The molecule has 2 aromatic carbocycles. The summed E-state index contributed by atoms with van der Waals surface area (Å²) in [5.74, 6) is 1.48. The van der Waals surface area contributed by atoms with Gasteiger partial charge in [0, 0.05) is 18.3 Å². The van der Waals surface area contributed by atoms with Gasteiger partial charge in [0.15, 0.2) is 11.5 Å². The molecule has 0 saturated heterocycles. The maximum atomic E-state index is 5.93. The molecule has 0 aliphatic heterocycles. The second kappa shape index (κ2) is 10.7. The summed E-state index contributed by atoms with van der Waals surface area (Å²) >= 11 is 5.82. The third-order valence-corrected chi connectivity index (χ3v) is 4.48. The molecule has 3 aromatic rings. The molecule has 0 fully saturated rings. The molecule has 146 valence electrons. The van der Waals surface area contributed by atoms with E-state index in [4.69, 9.17) is 21.1 Å². The first-order chi connectivity index (χ1) is 13.7. The van der Waals surface area contributed by atoms with E-state index in [9.17, 15) is 0 Å². The van der Waals surface area contributed by atoms with Crippen LogP contribution in [0, 0.1) is 0 Å². The van der Waals surface area contributed by atoms with Gasteiger partial charge in [-0.1, -0.05) is 54.1 Å². The van der Waals surface area contributed by atoms with Crippen LogP contribution in [0.5, 0.6) is 11.5 Å². The highest BCUT2D eigenvalue weighted by Crippen LogP contribution is 2.29. The number of hydrogen-bond acceptors (Lipinski definition) is 4. The first kappa shape index (κ1) is 20.2. The van der Waals surface area contributed by atoms with Gasteiger partial charge in [0.1, 0.15) is 11.8 Å². The lowest BCUT2D eigenvalue weighted by molar-refractivity contribution is 0.269. The first-order valence-corrected chi connectivity index (χ1v) is 9.86. The predicted molar refractivity (Wildman–Crippen MR) is 113 cm³/mol. The summed E-state index contributed by atoms with van der Waals surface area (Å²) < 4.78 is 11.7. The lowest BCUT2D eigenvalue weighted by atomic mass is 10.1. The van der Waals surface area contributed by atoms with Crippen LogP contribution in [0.15, 0.2) is 66.9 Å². The third kappa shape index (κ3) is 6.25. The number of nitrogens with one attached hydrogen (secondary N) is 1. The van der Waals surface area contributed by atoms with E-state index in [-0.39, 0.29) is 0 Å². The largest absolute Gasteiger partial charge is 0.490 e. The zero-order chi connectivity index (χ0) is 19.6. The molecule has 28 heavy (non-hydrogen) atoms. The van der Waals surface area contributed by atoms with E-state index in [0.717, 1.165) is 42.1 Å². The molecule has 0 atom stereocenters. The van der Waals surface area contributed by atoms with Crippen molar-refractivity contribution in [2.24, 2.45) is 0 Å². The molecule has 1 heterocycles. The molecule has 0 saturated carbocycles. The lowest BCUT2D eigenvalue weighted by Gasteiger charge is -2.14. The highest BCUT2D eigenvalue weighted by Gasteiger charge is 2.07. The van der Waals surface area contributed by atoms with Crippen molar-refractivity contribution in [2.75, 3.05) is 13.2 Å². The van der Waals surface area contributed by atoms with Crippen molar-refractivity contribution < 1.29 is 9.47 Å². The number of ether oxygens (including phenoxy) is 2. The van der Waals surface area contributed by atoms with Crippen LogP contribution in [0.3, 0.4) is 0 Å². The van der Waals surface area contributed by atoms with Gasteiger partial charge in [-0.2, -0.15) is 0 Å². The number of pyridine rings is 1. The third-order valence-electron chi connectivity index (χ3n) is 4.25. The van der Waals surface area contributed by atoms with Crippen LogP contribution in [-0.2, 0) is 19.6 Å². The summed E-state index contributed by atoms with van der Waals surface area (Å²) in [5, 5.41) is 3.96. The average molecular weight is 397 g/mol. The fraction of sp³-hybridized carbons (Fsp3) is 0.261. The molecular weight excluding hydrogens is 372 g/mol. The van der Waals surface area contributed by atoms with Crippen molar-refractivity contribution >= 4 is 11.6 Å². The Morgan fingerprint density at radius 1 is 0.893 bits per heavy atom. The molecule has 4 nitrogen and oxygen atoms in total. The minimum atomic E-state index is 0.416. The SMILES string of the molecule is CCOc1cc(CNCCc2ccccc2)ccc1OCc1ccc(Cl)nc1. The molecule has 0 amide bonds. The molecule has 0 aliphatic carbocycles. The zero-order valence-corrected chi connectivity index (χ0v) is 16.8. The maximum Gasteiger partial charge on any atom is 0.161 e. The first-order valence-electron chi connectivity index (χ1n) is 9.48. The number of halogens is 1. The van der Waals surface area contributed by atoms with E-state index in [2.05, 4.69) is 40.6 Å². The Labute approximate surface area is 171 Å². The minimum absolute atomic E-state index is 0.416. The summed E-state index contributed by atoms with van der Waals surface area (Å²) in [5.41, 5.74) is 3.46. The van der Waals surface area contributed by atoms with Gasteiger partial charge in [-0.3, -0.25) is 0 Å². The second-order valence-electron chi connectivity index (χ2n) is 6.40. The van der Waals surface area contributed by atoms with E-state index in [1.165, 1.54) is 5.56 Å². The molecular formula is C23H25ClN2O2. The highest BCUT2D eigenvalue weighted by atomic mass is 35.5. The number of nitrogens with zero attached hydrogens (tertiary/aromatic N) is 1. The van der Waals surface area contributed by atoms with Gasteiger partial charge >= 0.3 is 0 Å². The maximum absolute atomic E-state index is 5.93. The Morgan fingerprint density at radius 2 is 1.71 bits per heavy atom. The molecule has 5 heteroatoms. The molecule has 1 N–H and O–H groups in total. The number of hydrogen-bond donors (Lipinski definition) is 1. The molecule has 1 aromatic heterocycles. The number of rotatable bonds is 10. The normalized spacial score (nSPS) is 10.6. The molecule has 0 unspecified atom stereocenters. The Morgan fingerprint density at radius 3 is 2.46 bits per heavy atom. The van der Waals surface area contributed by atoms with Crippen molar-refractivity contribution in [1.82, 2.24) is 10.3 Å². The quantitative estimate of drug-likeness (QED) is 0.385. The monoisotopic (exact) mass is 396 g/mol. The fourth-order valence-corrected chi connectivity index (χ4v) is 2.92. The van der Waals surface area contributed by atoms with Crippen LogP contribution >= 0.6 is 11.6 Å². The van der Waals surface area contributed by atoms with Crippen LogP contribution in [0.2, 0.25) is 5.15 Å². The number of aromatic nitrogens is 1. The minimum Gasteiger partial charge on any atom is -0.490 e. The van der Waals surface area contributed by atoms with E-state index in [1.807, 2.05) is 31.2 Å². The van der Waals surface area contributed by atoms with Gasteiger partial charge in [0.2, 0.25) is 0 Å². The molecule has 0 spiro atoms. The lowest BCUT2D eigenvalue weighted by Crippen LogP contribution is -2.16. The van der Waals surface area contributed by atoms with E-state index in [1.54, 1.807) is 12.3 Å². The van der Waals surface area contributed by atoms with Gasteiger partial charge in [-0.25, -0.2) is 4.98 Å². The Kier molecular flexibility index (Phi) is 7.71. The van der Waals surface area contributed by atoms with E-state index in [0.29, 0.717) is 18.4 Å². The van der Waals surface area contributed by atoms with Gasteiger partial charge in [-0.05, 0) is 49.2 Å². The average Bonchev–Trinajstić information content (AvgIpc) is 2.73. The molecule has 0 radical (unpaired) electrons. The van der Waals surface area contributed by atoms with Crippen molar-refractivity contribution in [3.63, 3.8) is 0 Å². The zero-order valence-electron chi connectivity index (χ0n) is 16.0. The Bertz CT molecular complexity index is 854. The van der Waals surface area contributed by atoms with E-state index >= 15 is 0 Å². The van der Waals surface area contributed by atoms with Crippen molar-refractivity contribution in [1.29, 1.82) is 0 Å². The van der Waals surface area contributed by atoms with Crippen LogP contribution in [-0.4, -0.2) is 18.1 Å². The Balaban J connectivity index is 1.54. The highest BCUT2D eigenvalue weighted by molar-refractivity contribution is 6.29. The van der Waals surface area contributed by atoms with E-state index < -0.39 is 0 Å². The van der Waals surface area contributed by atoms with Gasteiger partial charge < -0.3 is 14.8 Å². The second-order valence-corrected chi connectivity index (χ2v) is 6.79. The molecule has 3 rings (SSSR count). The standard InChI is InChI=1S/C23H25ClN2O2/c1-2-27-22-14-19(15-25-13-12-18-6-4-3-5-7-18)8-10-21(22)28-17-20-9-11-23(24)26-16-20/h3-11,14,16,25H,2,12-13,15,17H2,1H3. The van der Waals surface area contributed by atoms with Crippen LogP contribution < -0.4 is 14.8 Å². The molecule has 0 bridgehead atoms. The smallest absolute Gasteiger partial charge is 0.161 e. The van der Waals surface area contributed by atoms with Crippen molar-refractivity contribution in [3.8, 4) is 11.5 Å². The summed E-state index contributed by atoms with van der Waals surface area (Å²) in [7, 11) is 0. The fourth-order valence-electron chi connectivity index (χ4n) is 2.81. The van der Waals surface area contributed by atoms with Crippen LogP contribution in [0.25, 0.3) is 0 Å². The van der Waals surface area contributed by atoms with Crippen LogP contribution in [0.1, 0.15) is 23.6 Å². The van der Waals surface area contributed by atoms with Gasteiger partial charge in [0.25, 0.3) is 0 Å². The topological polar surface area (TPSA) is 43.4 Å². The number of benzene rings is 2. The summed E-state index contributed by atoms with van der Waals surface area (Å²) in [6.45, 7) is 4.68. The summed E-state index contributed by atoms with van der Waals surface area (Å²) in [4.78, 5) is 4.07. The van der Waals surface area contributed by atoms with Crippen molar-refractivity contribution in [3.05, 3.63) is 88.7 Å². The summed E-state index contributed by atoms with van der Waals surface area (Å²) in [6.07, 6.45) is 2.73. The van der Waals surface area contributed by atoms with Gasteiger partial charge in [0.05, 0.1) is 6.61 Å². The summed E-state index contributed by atoms with van der Waals surface area (Å²) in [6, 6.07) is 20.2. The van der Waals surface area contributed by atoms with Crippen molar-refractivity contribution in [2.45, 2.75) is 26.5 Å². The van der Waals surface area contributed by atoms with Crippen LogP contribution in [0.4, 0.5) is 0 Å². The predicted octanol–water partition coefficient (Wildman–Crippen LogP) is 5.05. The Hall–Kier alpha value is -2.56. The molecule has 0 aliphatic rings. The van der Waals surface area contributed by atoms with Gasteiger partial charge in [-0.15, -0.1) is 0 Å².